The molecule has 0 aliphatic carbocycles. The topological polar surface area (TPSA) is 80.2 Å². The number of hydrogen-bond donors (Lipinski definition) is 2. The Morgan fingerprint density at radius 1 is 0.853 bits per heavy atom. The molecule has 0 aliphatic rings. The molecule has 1 heterocycles. The summed E-state index contributed by atoms with van der Waals surface area (Å²) in [7, 11) is 0. The van der Waals surface area contributed by atoms with Crippen LogP contribution in [0.1, 0.15) is 31.8 Å². The number of benzene rings is 3. The second-order valence-electron chi connectivity index (χ2n) is 7.74. The summed E-state index contributed by atoms with van der Waals surface area (Å²) in [4.78, 5) is 37.9. The molecule has 34 heavy (non-hydrogen) atoms. The van der Waals surface area contributed by atoms with Gasteiger partial charge in [-0.2, -0.15) is 0 Å². The molecule has 7 heteroatoms. The highest BCUT2D eigenvalue weighted by atomic mass is 19.1. The highest BCUT2D eigenvalue weighted by molar-refractivity contribution is 6.04. The Labute approximate surface area is 195 Å². The minimum atomic E-state index is -0.593. The first-order valence-electron chi connectivity index (χ1n) is 10.6. The van der Waals surface area contributed by atoms with Crippen LogP contribution in [0.2, 0.25) is 0 Å². The van der Waals surface area contributed by atoms with Crippen molar-refractivity contribution in [1.82, 2.24) is 9.88 Å². The lowest BCUT2D eigenvalue weighted by atomic mass is 10.1. The van der Waals surface area contributed by atoms with Crippen LogP contribution in [0.5, 0.6) is 0 Å². The van der Waals surface area contributed by atoms with E-state index in [-0.39, 0.29) is 18.0 Å². The van der Waals surface area contributed by atoms with E-state index in [1.165, 1.54) is 16.7 Å². The summed E-state index contributed by atoms with van der Waals surface area (Å²) in [6.07, 6.45) is 1.55. The van der Waals surface area contributed by atoms with E-state index in [2.05, 4.69) is 10.6 Å². The first kappa shape index (κ1) is 22.7. The summed E-state index contributed by atoms with van der Waals surface area (Å²) < 4.78 is 15.1. The van der Waals surface area contributed by atoms with E-state index in [4.69, 9.17) is 0 Å². The van der Waals surface area contributed by atoms with Gasteiger partial charge in [-0.1, -0.05) is 35.9 Å². The number of carbonyl (C=O) groups excluding carboxylic acids is 2. The number of nitrogens with zero attached hydrogens (tertiary/aromatic N) is 1. The van der Waals surface area contributed by atoms with Crippen molar-refractivity contribution in [1.29, 1.82) is 0 Å². The number of amides is 2. The molecule has 0 fully saturated rings. The third kappa shape index (κ3) is 5.10. The van der Waals surface area contributed by atoms with Gasteiger partial charge in [-0.25, -0.2) is 4.39 Å². The van der Waals surface area contributed by atoms with Crippen molar-refractivity contribution >= 4 is 17.5 Å². The fourth-order valence-electron chi connectivity index (χ4n) is 3.40. The molecule has 170 valence electrons. The zero-order chi connectivity index (χ0) is 24.1. The van der Waals surface area contributed by atoms with Gasteiger partial charge >= 0.3 is 0 Å². The molecule has 0 bridgehead atoms. The number of carbonyl (C=O) groups is 2. The third-order valence-electron chi connectivity index (χ3n) is 5.31. The lowest BCUT2D eigenvalue weighted by Crippen LogP contribution is -2.32. The van der Waals surface area contributed by atoms with Crippen molar-refractivity contribution in [2.45, 2.75) is 13.5 Å². The summed E-state index contributed by atoms with van der Waals surface area (Å²) in [5, 5.41) is 5.40. The van der Waals surface area contributed by atoms with E-state index in [1.807, 2.05) is 19.1 Å². The second-order valence-corrected chi connectivity index (χ2v) is 7.74. The number of rotatable bonds is 6. The van der Waals surface area contributed by atoms with Crippen molar-refractivity contribution in [2.75, 3.05) is 5.32 Å². The van der Waals surface area contributed by atoms with Crippen LogP contribution in [0.25, 0.3) is 5.69 Å². The molecule has 4 aromatic rings. The van der Waals surface area contributed by atoms with E-state index >= 15 is 0 Å². The van der Waals surface area contributed by atoms with Crippen LogP contribution in [0.15, 0.2) is 95.9 Å². The smallest absolute Gasteiger partial charge is 0.267 e. The molecule has 2 N–H and O–H groups in total. The Morgan fingerprint density at radius 3 is 2.26 bits per heavy atom. The minimum Gasteiger partial charge on any atom is -0.348 e. The van der Waals surface area contributed by atoms with Crippen molar-refractivity contribution in [3.8, 4) is 5.69 Å². The molecule has 1 aromatic heterocycles. The molecule has 2 amide bonds. The molecule has 6 nitrogen and oxygen atoms in total. The van der Waals surface area contributed by atoms with Crippen LogP contribution < -0.4 is 16.2 Å². The molecule has 3 aromatic carbocycles. The Hall–Kier alpha value is -4.52. The van der Waals surface area contributed by atoms with Crippen LogP contribution >= 0.6 is 0 Å². The molecule has 4 rings (SSSR count). The monoisotopic (exact) mass is 455 g/mol. The maximum Gasteiger partial charge on any atom is 0.267 e. The van der Waals surface area contributed by atoms with Crippen LogP contribution in [-0.4, -0.2) is 16.4 Å². The van der Waals surface area contributed by atoms with Gasteiger partial charge in [-0.15, -0.1) is 0 Å². The largest absolute Gasteiger partial charge is 0.348 e. The molecule has 0 radical (unpaired) electrons. The first-order chi connectivity index (χ1) is 16.4. The molecule has 0 unspecified atom stereocenters. The zero-order valence-corrected chi connectivity index (χ0v) is 18.4. The number of hydrogen-bond acceptors (Lipinski definition) is 3. The number of aryl methyl sites for hydroxylation is 1. The van der Waals surface area contributed by atoms with Gasteiger partial charge in [0, 0.05) is 35.2 Å². The summed E-state index contributed by atoms with van der Waals surface area (Å²) in [5.41, 5.74) is 2.47. The normalized spacial score (nSPS) is 10.5. The van der Waals surface area contributed by atoms with Gasteiger partial charge in [0.2, 0.25) is 0 Å². The second kappa shape index (κ2) is 9.95. The number of aromatic nitrogens is 1. The summed E-state index contributed by atoms with van der Waals surface area (Å²) in [6, 6.07) is 23.1. The molecule has 0 atom stereocenters. The average Bonchev–Trinajstić information content (AvgIpc) is 2.84. The van der Waals surface area contributed by atoms with Gasteiger partial charge in [0.25, 0.3) is 17.4 Å². The Bertz CT molecular complexity index is 1390. The van der Waals surface area contributed by atoms with E-state index in [9.17, 15) is 18.8 Å². The highest BCUT2D eigenvalue weighted by Crippen LogP contribution is 2.14. The van der Waals surface area contributed by atoms with Crippen LogP contribution in [-0.2, 0) is 6.54 Å². The predicted octanol–water partition coefficient (Wildman–Crippen LogP) is 4.47. The Kier molecular flexibility index (Phi) is 6.64. The van der Waals surface area contributed by atoms with Gasteiger partial charge < -0.3 is 10.6 Å². The van der Waals surface area contributed by atoms with E-state index in [0.717, 1.165) is 5.56 Å². The molecular weight excluding hydrogens is 433 g/mol. The van der Waals surface area contributed by atoms with Crippen LogP contribution in [0.4, 0.5) is 10.1 Å². The quantitative estimate of drug-likeness (QED) is 0.450. The molecule has 0 saturated heterocycles. The first-order valence-corrected chi connectivity index (χ1v) is 10.6. The Balaban J connectivity index is 1.48. The van der Waals surface area contributed by atoms with Crippen LogP contribution in [0.3, 0.4) is 0 Å². The average molecular weight is 455 g/mol. The standard InChI is InChI=1S/C27H22FN3O3/c1-18-8-10-19(11-9-18)25(32)30-21-12-14-22(15-13-21)31-16-4-6-23(27(31)34)26(33)29-17-20-5-2-3-7-24(20)28/h2-16H,17H2,1H3,(H,29,33)(H,30,32). The van der Waals surface area contributed by atoms with Crippen molar-refractivity contribution in [2.24, 2.45) is 0 Å². The maximum absolute atomic E-state index is 13.8. The van der Waals surface area contributed by atoms with Gasteiger partial charge in [0.05, 0.1) is 0 Å². The molecule has 0 aliphatic heterocycles. The van der Waals surface area contributed by atoms with Crippen molar-refractivity contribution in [3.05, 3.63) is 130 Å². The molecular formula is C27H22FN3O3. The summed E-state index contributed by atoms with van der Waals surface area (Å²) in [5.74, 6) is -1.26. The fourth-order valence-corrected chi connectivity index (χ4v) is 3.40. The summed E-state index contributed by atoms with van der Waals surface area (Å²) >= 11 is 0. The Morgan fingerprint density at radius 2 is 1.56 bits per heavy atom. The number of pyridine rings is 1. The van der Waals surface area contributed by atoms with Gasteiger partial charge in [0.15, 0.2) is 0 Å². The summed E-state index contributed by atoms with van der Waals surface area (Å²) in [6.45, 7) is 1.92. The number of nitrogens with one attached hydrogen (secondary N) is 2. The lowest BCUT2D eigenvalue weighted by Gasteiger charge is -2.11. The van der Waals surface area contributed by atoms with Crippen molar-refractivity contribution < 1.29 is 14.0 Å². The third-order valence-corrected chi connectivity index (χ3v) is 5.31. The predicted molar refractivity (Wildman–Crippen MR) is 129 cm³/mol. The van der Waals surface area contributed by atoms with E-state index in [1.54, 1.807) is 66.9 Å². The van der Waals surface area contributed by atoms with Gasteiger partial charge in [-0.3, -0.25) is 19.0 Å². The lowest BCUT2D eigenvalue weighted by molar-refractivity contribution is 0.0948. The fraction of sp³-hybridized carbons (Fsp3) is 0.0741. The number of anilines is 1. The minimum absolute atomic E-state index is 0.0325. The highest BCUT2D eigenvalue weighted by Gasteiger charge is 2.14. The van der Waals surface area contributed by atoms with E-state index in [0.29, 0.717) is 22.5 Å². The van der Waals surface area contributed by atoms with Gasteiger partial charge in [-0.05, 0) is 61.5 Å². The number of halogens is 1. The molecule has 0 saturated carbocycles. The van der Waals surface area contributed by atoms with Gasteiger partial charge in [0.1, 0.15) is 11.4 Å². The maximum atomic E-state index is 13.8. The van der Waals surface area contributed by atoms with Crippen molar-refractivity contribution in [3.63, 3.8) is 0 Å². The van der Waals surface area contributed by atoms with Crippen LogP contribution in [0, 0.1) is 12.7 Å². The molecule has 0 spiro atoms. The zero-order valence-electron chi connectivity index (χ0n) is 18.4. The van der Waals surface area contributed by atoms with E-state index < -0.39 is 17.3 Å². The SMILES string of the molecule is Cc1ccc(C(=O)Nc2ccc(-n3cccc(C(=O)NCc4ccccc4F)c3=O)cc2)cc1.